The van der Waals surface area contributed by atoms with E-state index in [0.29, 0.717) is 23.2 Å². The lowest BCUT2D eigenvalue weighted by molar-refractivity contribution is 0.0717. The molecule has 2 heterocycles. The standard InChI is InChI=1S/C13H22N4O2S/c1-13(2,3)16-12-15-10(14)9(20-12)11(18)17(4)8-5-6-19-7-8/h8H,5-7,14H2,1-4H3,(H,15,16). The number of aromatic nitrogens is 1. The fourth-order valence-corrected chi connectivity index (χ4v) is 3.09. The molecule has 2 rings (SSSR count). The maximum absolute atomic E-state index is 12.5. The molecule has 1 saturated heterocycles. The third kappa shape index (κ3) is 3.40. The van der Waals surface area contributed by atoms with E-state index in [0.717, 1.165) is 6.42 Å². The van der Waals surface area contributed by atoms with Crippen LogP contribution in [0.25, 0.3) is 0 Å². The molecule has 1 amide bonds. The van der Waals surface area contributed by atoms with Crippen molar-refractivity contribution in [2.24, 2.45) is 0 Å². The second-order valence-electron chi connectivity index (χ2n) is 6.04. The number of amides is 1. The number of anilines is 2. The maximum atomic E-state index is 12.5. The van der Waals surface area contributed by atoms with E-state index in [-0.39, 0.29) is 23.3 Å². The van der Waals surface area contributed by atoms with Gasteiger partial charge in [0.1, 0.15) is 10.7 Å². The molecule has 3 N–H and O–H groups in total. The van der Waals surface area contributed by atoms with Crippen molar-refractivity contribution in [3.05, 3.63) is 4.88 Å². The van der Waals surface area contributed by atoms with Crippen molar-refractivity contribution in [3.8, 4) is 0 Å². The van der Waals surface area contributed by atoms with E-state index in [9.17, 15) is 4.79 Å². The van der Waals surface area contributed by atoms with Crippen LogP contribution in [0.4, 0.5) is 10.9 Å². The first kappa shape index (κ1) is 15.1. The van der Waals surface area contributed by atoms with Gasteiger partial charge < -0.3 is 20.7 Å². The summed E-state index contributed by atoms with van der Waals surface area (Å²) in [6.07, 6.45) is 0.869. The summed E-state index contributed by atoms with van der Waals surface area (Å²) in [5, 5.41) is 3.91. The molecule has 1 atom stereocenters. The van der Waals surface area contributed by atoms with E-state index in [4.69, 9.17) is 10.5 Å². The molecule has 20 heavy (non-hydrogen) atoms. The fourth-order valence-electron chi connectivity index (χ4n) is 2.01. The predicted molar refractivity (Wildman–Crippen MR) is 81.2 cm³/mol. The number of ether oxygens (including phenoxy) is 1. The average molecular weight is 298 g/mol. The van der Waals surface area contributed by atoms with Gasteiger partial charge in [-0.2, -0.15) is 0 Å². The van der Waals surface area contributed by atoms with Gasteiger partial charge >= 0.3 is 0 Å². The number of carbonyl (C=O) groups excluding carboxylic acids is 1. The van der Waals surface area contributed by atoms with E-state index in [1.54, 1.807) is 11.9 Å². The van der Waals surface area contributed by atoms with Crippen LogP contribution in [0.15, 0.2) is 0 Å². The number of carbonyl (C=O) groups is 1. The average Bonchev–Trinajstić information content (AvgIpc) is 2.95. The summed E-state index contributed by atoms with van der Waals surface area (Å²) < 4.78 is 5.32. The highest BCUT2D eigenvalue weighted by molar-refractivity contribution is 7.18. The molecule has 0 bridgehead atoms. The van der Waals surface area contributed by atoms with Crippen LogP contribution in [0.2, 0.25) is 0 Å². The minimum absolute atomic E-state index is 0.0857. The third-order valence-corrected chi connectivity index (χ3v) is 4.08. The quantitative estimate of drug-likeness (QED) is 0.889. The first-order chi connectivity index (χ1) is 9.28. The number of nitrogens with two attached hydrogens (primary N) is 1. The Morgan fingerprint density at radius 1 is 1.55 bits per heavy atom. The molecular weight excluding hydrogens is 276 g/mol. The zero-order valence-electron chi connectivity index (χ0n) is 12.4. The number of nitrogens with zero attached hydrogens (tertiary/aromatic N) is 2. The van der Waals surface area contributed by atoms with Crippen LogP contribution in [0.1, 0.15) is 36.9 Å². The second-order valence-corrected chi connectivity index (χ2v) is 7.04. The highest BCUT2D eigenvalue weighted by atomic mass is 32.1. The first-order valence-electron chi connectivity index (χ1n) is 6.67. The normalized spacial score (nSPS) is 19.1. The number of rotatable bonds is 3. The Morgan fingerprint density at radius 3 is 2.80 bits per heavy atom. The molecular formula is C13H22N4O2S. The number of hydrogen-bond acceptors (Lipinski definition) is 6. The molecule has 1 aliphatic rings. The smallest absolute Gasteiger partial charge is 0.267 e. The van der Waals surface area contributed by atoms with E-state index in [2.05, 4.69) is 10.3 Å². The molecule has 0 radical (unpaired) electrons. The maximum Gasteiger partial charge on any atom is 0.267 e. The van der Waals surface area contributed by atoms with Crippen molar-refractivity contribution in [1.82, 2.24) is 9.88 Å². The number of nitrogen functional groups attached to an aromatic ring is 1. The summed E-state index contributed by atoms with van der Waals surface area (Å²) in [4.78, 5) is 18.9. The second kappa shape index (κ2) is 5.57. The van der Waals surface area contributed by atoms with E-state index in [1.165, 1.54) is 11.3 Å². The summed E-state index contributed by atoms with van der Waals surface area (Å²) in [5.74, 6) is 0.204. The number of thiazole rings is 1. The Kier molecular flexibility index (Phi) is 4.19. The summed E-state index contributed by atoms with van der Waals surface area (Å²) in [7, 11) is 1.79. The van der Waals surface area contributed by atoms with Gasteiger partial charge in [0.15, 0.2) is 5.13 Å². The van der Waals surface area contributed by atoms with Crippen molar-refractivity contribution < 1.29 is 9.53 Å². The summed E-state index contributed by atoms with van der Waals surface area (Å²) in [6, 6.07) is 0.128. The van der Waals surface area contributed by atoms with E-state index >= 15 is 0 Å². The first-order valence-corrected chi connectivity index (χ1v) is 7.49. The van der Waals surface area contributed by atoms with Crippen molar-refractivity contribution in [2.75, 3.05) is 31.3 Å². The molecule has 6 nitrogen and oxygen atoms in total. The lowest BCUT2D eigenvalue weighted by Gasteiger charge is -2.22. The van der Waals surface area contributed by atoms with Crippen LogP contribution in [-0.2, 0) is 4.74 Å². The van der Waals surface area contributed by atoms with Gasteiger partial charge in [0.25, 0.3) is 5.91 Å². The third-order valence-electron chi connectivity index (χ3n) is 3.10. The Bertz CT molecular complexity index is 489. The summed E-state index contributed by atoms with van der Waals surface area (Å²) >= 11 is 1.30. The van der Waals surface area contributed by atoms with Crippen molar-refractivity contribution >= 4 is 28.2 Å². The molecule has 1 aromatic rings. The van der Waals surface area contributed by atoms with Gasteiger partial charge in [-0.05, 0) is 27.2 Å². The van der Waals surface area contributed by atoms with Crippen LogP contribution in [0, 0.1) is 0 Å². The lowest BCUT2D eigenvalue weighted by atomic mass is 10.1. The fraction of sp³-hybridized carbons (Fsp3) is 0.692. The molecule has 0 spiro atoms. The minimum atomic E-state index is -0.115. The summed E-state index contributed by atoms with van der Waals surface area (Å²) in [6.45, 7) is 7.40. The van der Waals surface area contributed by atoms with E-state index < -0.39 is 0 Å². The molecule has 7 heteroatoms. The lowest BCUT2D eigenvalue weighted by Crippen LogP contribution is -2.37. The molecule has 1 aliphatic heterocycles. The van der Waals surface area contributed by atoms with Crippen molar-refractivity contribution in [1.29, 1.82) is 0 Å². The van der Waals surface area contributed by atoms with Gasteiger partial charge in [-0.15, -0.1) is 0 Å². The Morgan fingerprint density at radius 2 is 2.25 bits per heavy atom. The molecule has 0 aliphatic carbocycles. The van der Waals surface area contributed by atoms with Crippen LogP contribution < -0.4 is 11.1 Å². The van der Waals surface area contributed by atoms with Crippen molar-refractivity contribution in [2.45, 2.75) is 38.8 Å². The molecule has 1 aromatic heterocycles. The van der Waals surface area contributed by atoms with Gasteiger partial charge in [0.05, 0.1) is 12.6 Å². The topological polar surface area (TPSA) is 80.5 Å². The van der Waals surface area contributed by atoms with Gasteiger partial charge in [0.2, 0.25) is 0 Å². The van der Waals surface area contributed by atoms with Gasteiger partial charge in [-0.1, -0.05) is 11.3 Å². The van der Waals surface area contributed by atoms with Crippen LogP contribution >= 0.6 is 11.3 Å². The Hall–Kier alpha value is -1.34. The van der Waals surface area contributed by atoms with Crippen LogP contribution in [0.3, 0.4) is 0 Å². The van der Waals surface area contributed by atoms with Gasteiger partial charge in [-0.3, -0.25) is 4.79 Å². The summed E-state index contributed by atoms with van der Waals surface area (Å²) in [5.41, 5.74) is 5.76. The Balaban J connectivity index is 2.13. The van der Waals surface area contributed by atoms with Crippen molar-refractivity contribution in [3.63, 3.8) is 0 Å². The molecule has 0 saturated carbocycles. The molecule has 112 valence electrons. The highest BCUT2D eigenvalue weighted by Gasteiger charge is 2.28. The molecule has 1 unspecified atom stereocenters. The zero-order chi connectivity index (χ0) is 14.9. The van der Waals surface area contributed by atoms with Crippen LogP contribution in [-0.4, -0.2) is 47.6 Å². The van der Waals surface area contributed by atoms with Gasteiger partial charge in [-0.25, -0.2) is 4.98 Å². The highest BCUT2D eigenvalue weighted by Crippen LogP contribution is 2.29. The van der Waals surface area contributed by atoms with E-state index in [1.807, 2.05) is 20.8 Å². The largest absolute Gasteiger partial charge is 0.382 e. The minimum Gasteiger partial charge on any atom is -0.382 e. The number of nitrogens with one attached hydrogen (secondary N) is 1. The molecule has 0 aromatic carbocycles. The zero-order valence-corrected chi connectivity index (χ0v) is 13.2. The predicted octanol–water partition coefficient (Wildman–Crippen LogP) is 1.80. The van der Waals surface area contributed by atoms with Crippen LogP contribution in [0.5, 0.6) is 0 Å². The molecule has 1 fully saturated rings. The SMILES string of the molecule is CN(C(=O)c1sc(NC(C)(C)C)nc1N)C1CCOC1. The number of hydrogen-bond donors (Lipinski definition) is 2. The monoisotopic (exact) mass is 298 g/mol. The Labute approximate surface area is 123 Å². The van der Waals surface area contributed by atoms with Gasteiger partial charge in [0, 0.05) is 19.2 Å². The number of likely N-dealkylation sites (N-methyl/N-ethyl adjacent to an activating group) is 1.